The normalized spacial score (nSPS) is 17.7. The molecule has 1 aromatic rings. The lowest BCUT2D eigenvalue weighted by Crippen LogP contribution is -2.48. The second kappa shape index (κ2) is 4.79. The van der Waals surface area contributed by atoms with E-state index in [1.165, 1.54) is 9.80 Å². The third-order valence-electron chi connectivity index (χ3n) is 3.02. The Bertz CT molecular complexity index is 528. The van der Waals surface area contributed by atoms with Crippen molar-refractivity contribution in [3.8, 4) is 5.75 Å². The van der Waals surface area contributed by atoms with E-state index < -0.39 is 6.10 Å². The van der Waals surface area contributed by atoms with Crippen molar-refractivity contribution >= 4 is 23.2 Å². The predicted octanol–water partition coefficient (Wildman–Crippen LogP) is 0.471. The number of hydrogen-bond acceptors (Lipinski definition) is 4. The molecule has 1 heterocycles. The van der Waals surface area contributed by atoms with E-state index in [-0.39, 0.29) is 18.4 Å². The van der Waals surface area contributed by atoms with Gasteiger partial charge in [0.1, 0.15) is 6.54 Å². The number of benzene rings is 1. The van der Waals surface area contributed by atoms with Crippen LogP contribution in [-0.2, 0) is 9.59 Å². The number of nitrogens with zero attached hydrogens (tertiary/aromatic N) is 2. The summed E-state index contributed by atoms with van der Waals surface area (Å²) < 4.78 is 5.51. The van der Waals surface area contributed by atoms with Crippen LogP contribution in [0.2, 0.25) is 0 Å². The predicted molar refractivity (Wildman–Crippen MR) is 72.0 cm³/mol. The smallest absolute Gasteiger partial charge is 0.268 e. The zero-order chi connectivity index (χ0) is 14.2. The van der Waals surface area contributed by atoms with Gasteiger partial charge in [0.05, 0.1) is 11.4 Å². The molecule has 6 heteroatoms. The molecule has 0 bridgehead atoms. The van der Waals surface area contributed by atoms with Crippen molar-refractivity contribution in [1.82, 2.24) is 4.90 Å². The van der Waals surface area contributed by atoms with E-state index in [4.69, 9.17) is 10.5 Å². The van der Waals surface area contributed by atoms with Gasteiger partial charge in [-0.3, -0.25) is 14.5 Å². The SMILES string of the molecule is CC1Oc2c(N)cccc2N(CC(=O)N(C)C)C1=O. The number of carbonyl (C=O) groups is 2. The Balaban J connectivity index is 2.40. The van der Waals surface area contributed by atoms with Crippen molar-refractivity contribution in [2.75, 3.05) is 31.3 Å². The topological polar surface area (TPSA) is 75.9 Å². The summed E-state index contributed by atoms with van der Waals surface area (Å²) in [4.78, 5) is 26.8. The molecular weight excluding hydrogens is 246 g/mol. The first-order valence-corrected chi connectivity index (χ1v) is 5.98. The van der Waals surface area contributed by atoms with Crippen LogP contribution < -0.4 is 15.4 Å². The summed E-state index contributed by atoms with van der Waals surface area (Å²) in [6, 6.07) is 5.15. The highest BCUT2D eigenvalue weighted by atomic mass is 16.5. The lowest BCUT2D eigenvalue weighted by atomic mass is 10.1. The maximum Gasteiger partial charge on any atom is 0.268 e. The van der Waals surface area contributed by atoms with E-state index in [0.717, 1.165) is 0 Å². The average molecular weight is 263 g/mol. The number of nitrogen functional groups attached to an aromatic ring is 1. The van der Waals surface area contributed by atoms with Gasteiger partial charge in [-0.25, -0.2) is 0 Å². The monoisotopic (exact) mass is 263 g/mol. The highest BCUT2D eigenvalue weighted by molar-refractivity contribution is 6.04. The van der Waals surface area contributed by atoms with Crippen LogP contribution in [-0.4, -0.2) is 43.5 Å². The van der Waals surface area contributed by atoms with Crippen LogP contribution >= 0.6 is 0 Å². The molecule has 0 spiro atoms. The van der Waals surface area contributed by atoms with E-state index in [0.29, 0.717) is 17.1 Å². The number of hydrogen-bond donors (Lipinski definition) is 1. The summed E-state index contributed by atoms with van der Waals surface area (Å²) in [5, 5.41) is 0. The third kappa shape index (κ3) is 2.33. The van der Waals surface area contributed by atoms with Gasteiger partial charge in [-0.05, 0) is 19.1 Å². The molecular formula is C13H17N3O3. The van der Waals surface area contributed by atoms with E-state index in [9.17, 15) is 9.59 Å². The summed E-state index contributed by atoms with van der Waals surface area (Å²) in [5.41, 5.74) is 6.84. The van der Waals surface area contributed by atoms with Crippen LogP contribution in [0.1, 0.15) is 6.92 Å². The number of carbonyl (C=O) groups excluding carboxylic acids is 2. The molecule has 102 valence electrons. The molecule has 0 aromatic heterocycles. The minimum atomic E-state index is -0.646. The summed E-state index contributed by atoms with van der Waals surface area (Å²) >= 11 is 0. The number of rotatable bonds is 2. The fourth-order valence-electron chi connectivity index (χ4n) is 1.89. The van der Waals surface area contributed by atoms with Crippen molar-refractivity contribution in [2.24, 2.45) is 0 Å². The van der Waals surface area contributed by atoms with Crippen molar-refractivity contribution in [3.63, 3.8) is 0 Å². The van der Waals surface area contributed by atoms with Gasteiger partial charge < -0.3 is 15.4 Å². The highest BCUT2D eigenvalue weighted by Crippen LogP contribution is 2.38. The fourth-order valence-corrected chi connectivity index (χ4v) is 1.89. The molecule has 1 unspecified atom stereocenters. The zero-order valence-corrected chi connectivity index (χ0v) is 11.2. The molecule has 2 N–H and O–H groups in total. The van der Waals surface area contributed by atoms with E-state index in [1.807, 2.05) is 0 Å². The number of anilines is 2. The maximum absolute atomic E-state index is 12.1. The molecule has 1 atom stereocenters. The Labute approximate surface area is 111 Å². The van der Waals surface area contributed by atoms with Gasteiger partial charge in [0.15, 0.2) is 11.9 Å². The lowest BCUT2D eigenvalue weighted by molar-refractivity contribution is -0.131. The third-order valence-corrected chi connectivity index (χ3v) is 3.02. The summed E-state index contributed by atoms with van der Waals surface area (Å²) in [7, 11) is 3.30. The van der Waals surface area contributed by atoms with Crippen molar-refractivity contribution in [1.29, 1.82) is 0 Å². The second-order valence-corrected chi connectivity index (χ2v) is 4.67. The van der Waals surface area contributed by atoms with Gasteiger partial charge in [-0.2, -0.15) is 0 Å². The zero-order valence-electron chi connectivity index (χ0n) is 11.2. The summed E-state index contributed by atoms with van der Waals surface area (Å²) in [5.74, 6) is 0.0604. The molecule has 0 radical (unpaired) electrons. The van der Waals surface area contributed by atoms with Gasteiger partial charge in [-0.1, -0.05) is 6.07 Å². The molecule has 0 saturated carbocycles. The molecule has 1 aromatic carbocycles. The van der Waals surface area contributed by atoms with E-state index in [2.05, 4.69) is 0 Å². The number of nitrogens with two attached hydrogens (primary N) is 1. The molecule has 0 fully saturated rings. The Kier molecular flexibility index (Phi) is 3.33. The second-order valence-electron chi connectivity index (χ2n) is 4.67. The standard InChI is InChI=1S/C13H17N3O3/c1-8-13(18)16(7-11(17)15(2)3)10-6-4-5-9(14)12(10)19-8/h4-6,8H,7,14H2,1-3H3. The number of likely N-dealkylation sites (N-methyl/N-ethyl adjacent to an activating group) is 1. The van der Waals surface area contributed by atoms with Gasteiger partial charge >= 0.3 is 0 Å². The number of amides is 2. The molecule has 0 aliphatic carbocycles. The van der Waals surface area contributed by atoms with Crippen LogP contribution in [0.25, 0.3) is 0 Å². The molecule has 1 aliphatic heterocycles. The molecule has 19 heavy (non-hydrogen) atoms. The first-order valence-electron chi connectivity index (χ1n) is 5.98. The Morgan fingerprint density at radius 3 is 2.79 bits per heavy atom. The first kappa shape index (κ1) is 13.2. The Hall–Kier alpha value is -2.24. The number of para-hydroxylation sites is 1. The van der Waals surface area contributed by atoms with Gasteiger partial charge in [0, 0.05) is 14.1 Å². The van der Waals surface area contributed by atoms with Crippen molar-refractivity contribution in [3.05, 3.63) is 18.2 Å². The van der Waals surface area contributed by atoms with Crippen molar-refractivity contribution in [2.45, 2.75) is 13.0 Å². The molecule has 6 nitrogen and oxygen atoms in total. The van der Waals surface area contributed by atoms with E-state index >= 15 is 0 Å². The van der Waals surface area contributed by atoms with Crippen LogP contribution in [0.3, 0.4) is 0 Å². The summed E-state index contributed by atoms with van der Waals surface area (Å²) in [6.45, 7) is 1.63. The van der Waals surface area contributed by atoms with Crippen LogP contribution in [0.15, 0.2) is 18.2 Å². The average Bonchev–Trinajstić information content (AvgIpc) is 2.36. The molecule has 0 saturated heterocycles. The van der Waals surface area contributed by atoms with Crippen LogP contribution in [0, 0.1) is 0 Å². The molecule has 2 amide bonds. The first-order chi connectivity index (χ1) is 8.91. The quantitative estimate of drug-likeness (QED) is 0.787. The van der Waals surface area contributed by atoms with E-state index in [1.54, 1.807) is 39.2 Å². The number of ether oxygens (including phenoxy) is 1. The van der Waals surface area contributed by atoms with Crippen LogP contribution in [0.5, 0.6) is 5.75 Å². The molecule has 2 rings (SSSR count). The highest BCUT2D eigenvalue weighted by Gasteiger charge is 2.33. The maximum atomic E-state index is 12.1. The van der Waals surface area contributed by atoms with Gasteiger partial charge in [0.2, 0.25) is 5.91 Å². The summed E-state index contributed by atoms with van der Waals surface area (Å²) in [6.07, 6.45) is -0.646. The fraction of sp³-hybridized carbons (Fsp3) is 0.385. The Morgan fingerprint density at radius 2 is 2.16 bits per heavy atom. The Morgan fingerprint density at radius 1 is 1.47 bits per heavy atom. The lowest BCUT2D eigenvalue weighted by Gasteiger charge is -2.33. The number of fused-ring (bicyclic) bond motifs is 1. The minimum absolute atomic E-state index is 0.0179. The van der Waals surface area contributed by atoms with Gasteiger partial charge in [0.25, 0.3) is 5.91 Å². The minimum Gasteiger partial charge on any atom is -0.477 e. The molecule has 1 aliphatic rings. The van der Waals surface area contributed by atoms with Gasteiger partial charge in [-0.15, -0.1) is 0 Å². The van der Waals surface area contributed by atoms with Crippen molar-refractivity contribution < 1.29 is 14.3 Å². The largest absolute Gasteiger partial charge is 0.477 e. The van der Waals surface area contributed by atoms with Crippen LogP contribution in [0.4, 0.5) is 11.4 Å².